The van der Waals surface area contributed by atoms with Crippen LogP contribution >= 0.6 is 15.9 Å². The van der Waals surface area contributed by atoms with Crippen molar-refractivity contribution in [1.29, 1.82) is 0 Å². The van der Waals surface area contributed by atoms with E-state index in [0.29, 0.717) is 12.2 Å². The van der Waals surface area contributed by atoms with E-state index < -0.39 is 0 Å². The molecule has 5 heteroatoms. The largest absolute Gasteiger partial charge is 0.378 e. The van der Waals surface area contributed by atoms with Crippen molar-refractivity contribution in [1.82, 2.24) is 5.32 Å². The summed E-state index contributed by atoms with van der Waals surface area (Å²) in [5, 5.41) is 2.75. The molecule has 98 valence electrons. The van der Waals surface area contributed by atoms with Gasteiger partial charge >= 0.3 is 0 Å². The maximum absolute atomic E-state index is 13.5. The second-order valence-electron chi connectivity index (χ2n) is 4.53. The highest BCUT2D eigenvalue weighted by molar-refractivity contribution is 9.10. The van der Waals surface area contributed by atoms with E-state index in [0.717, 1.165) is 10.9 Å². The van der Waals surface area contributed by atoms with Gasteiger partial charge in [0.2, 0.25) is 5.91 Å². The van der Waals surface area contributed by atoms with Crippen LogP contribution in [0.25, 0.3) is 0 Å². The molecule has 0 aliphatic carbocycles. The van der Waals surface area contributed by atoms with E-state index in [4.69, 9.17) is 4.74 Å². The van der Waals surface area contributed by atoms with Gasteiger partial charge in [0.05, 0.1) is 18.6 Å². The molecule has 18 heavy (non-hydrogen) atoms. The Kier molecular flexibility index (Phi) is 4.35. The fourth-order valence-electron chi connectivity index (χ4n) is 2.01. The quantitative estimate of drug-likeness (QED) is 0.931. The number of carbonyl (C=O) groups excluding carboxylic acids is 1. The average Bonchev–Trinajstić information content (AvgIpc) is 2.77. The third-order valence-corrected chi connectivity index (χ3v) is 3.52. The molecule has 1 aromatic carbocycles. The van der Waals surface area contributed by atoms with Crippen LogP contribution in [0.5, 0.6) is 0 Å². The molecule has 2 unspecified atom stereocenters. The van der Waals surface area contributed by atoms with E-state index in [2.05, 4.69) is 21.2 Å². The summed E-state index contributed by atoms with van der Waals surface area (Å²) in [4.78, 5) is 11.8. The fraction of sp³-hybridized carbons (Fsp3) is 0.462. The first kappa shape index (κ1) is 13.5. The second-order valence-corrected chi connectivity index (χ2v) is 5.45. The fourth-order valence-corrected chi connectivity index (χ4v) is 2.41. The summed E-state index contributed by atoms with van der Waals surface area (Å²) in [7, 11) is 0. The molecule has 1 aromatic rings. The van der Waals surface area contributed by atoms with Gasteiger partial charge in [-0.15, -0.1) is 0 Å². The normalized spacial score (nSPS) is 23.1. The number of hydrogen-bond acceptors (Lipinski definition) is 2. The summed E-state index contributed by atoms with van der Waals surface area (Å²) in [5.74, 6) is -0.497. The van der Waals surface area contributed by atoms with E-state index in [1.54, 1.807) is 12.1 Å². The maximum atomic E-state index is 13.5. The van der Waals surface area contributed by atoms with Crippen molar-refractivity contribution in [2.24, 2.45) is 5.92 Å². The smallest absolute Gasteiger partial charge is 0.225 e. The molecule has 3 nitrogen and oxygen atoms in total. The molecule has 0 bridgehead atoms. The standard InChI is InChI=1S/C13H15BrFNO2/c1-8-4-10(7-18-8)13(17)16-6-9-5-11(14)2-3-12(9)15/h2-3,5,8,10H,4,6-7H2,1H3,(H,16,17). The van der Waals surface area contributed by atoms with Crippen LogP contribution in [0.15, 0.2) is 22.7 Å². The van der Waals surface area contributed by atoms with Crippen LogP contribution in [0.3, 0.4) is 0 Å². The van der Waals surface area contributed by atoms with Gasteiger partial charge in [0, 0.05) is 16.6 Å². The molecule has 0 radical (unpaired) electrons. The van der Waals surface area contributed by atoms with E-state index in [9.17, 15) is 9.18 Å². The molecule has 2 rings (SSSR count). The van der Waals surface area contributed by atoms with Gasteiger partial charge in [0.25, 0.3) is 0 Å². The van der Waals surface area contributed by atoms with Gasteiger partial charge in [-0.1, -0.05) is 15.9 Å². The van der Waals surface area contributed by atoms with Gasteiger partial charge in [0.1, 0.15) is 5.82 Å². The van der Waals surface area contributed by atoms with Gasteiger partial charge in [-0.05, 0) is 31.5 Å². The van der Waals surface area contributed by atoms with Crippen molar-refractivity contribution in [3.8, 4) is 0 Å². The highest BCUT2D eigenvalue weighted by Crippen LogP contribution is 2.20. The maximum Gasteiger partial charge on any atom is 0.225 e. The monoisotopic (exact) mass is 315 g/mol. The van der Waals surface area contributed by atoms with E-state index in [1.165, 1.54) is 6.07 Å². The summed E-state index contributed by atoms with van der Waals surface area (Å²) < 4.78 is 19.6. The number of ether oxygens (including phenoxy) is 1. The lowest BCUT2D eigenvalue weighted by molar-refractivity contribution is -0.125. The van der Waals surface area contributed by atoms with E-state index in [1.807, 2.05) is 6.92 Å². The highest BCUT2D eigenvalue weighted by atomic mass is 79.9. The predicted molar refractivity (Wildman–Crippen MR) is 69.5 cm³/mol. The molecule has 1 fully saturated rings. The molecular formula is C13H15BrFNO2. The summed E-state index contributed by atoms with van der Waals surface area (Å²) in [6.07, 6.45) is 0.857. The van der Waals surface area contributed by atoms with Crippen LogP contribution in [-0.4, -0.2) is 18.6 Å². The Morgan fingerprint density at radius 2 is 2.39 bits per heavy atom. The Labute approximate surface area is 114 Å². The zero-order valence-corrected chi connectivity index (χ0v) is 11.7. The Bertz CT molecular complexity index is 453. The van der Waals surface area contributed by atoms with Gasteiger partial charge < -0.3 is 10.1 Å². The Balaban J connectivity index is 1.91. The molecule has 1 saturated heterocycles. The number of amides is 1. The lowest BCUT2D eigenvalue weighted by atomic mass is 10.1. The molecule has 0 saturated carbocycles. The van der Waals surface area contributed by atoms with Crippen molar-refractivity contribution < 1.29 is 13.9 Å². The summed E-state index contributed by atoms with van der Waals surface area (Å²) in [5.41, 5.74) is 0.477. The minimum absolute atomic E-state index is 0.0706. The number of carbonyl (C=O) groups is 1. The minimum Gasteiger partial charge on any atom is -0.378 e. The second kappa shape index (κ2) is 5.80. The summed E-state index contributed by atoms with van der Waals surface area (Å²) >= 11 is 3.28. The Hall–Kier alpha value is -0.940. The van der Waals surface area contributed by atoms with Gasteiger partial charge in [-0.2, -0.15) is 0 Å². The molecule has 1 N–H and O–H groups in total. The lowest BCUT2D eigenvalue weighted by Gasteiger charge is -2.10. The zero-order valence-electron chi connectivity index (χ0n) is 10.1. The highest BCUT2D eigenvalue weighted by Gasteiger charge is 2.27. The minimum atomic E-state index is -0.311. The first-order valence-corrected chi connectivity index (χ1v) is 6.69. The van der Waals surface area contributed by atoms with Crippen molar-refractivity contribution in [2.45, 2.75) is 26.0 Å². The first-order chi connectivity index (χ1) is 8.56. The van der Waals surface area contributed by atoms with Crippen molar-refractivity contribution >= 4 is 21.8 Å². The topological polar surface area (TPSA) is 38.3 Å². The molecule has 1 aliphatic rings. The molecule has 0 aromatic heterocycles. The lowest BCUT2D eigenvalue weighted by Crippen LogP contribution is -2.30. The van der Waals surface area contributed by atoms with E-state index in [-0.39, 0.29) is 30.3 Å². The molecule has 1 amide bonds. The van der Waals surface area contributed by atoms with Crippen LogP contribution in [0.1, 0.15) is 18.9 Å². The van der Waals surface area contributed by atoms with Crippen LogP contribution in [-0.2, 0) is 16.1 Å². The van der Waals surface area contributed by atoms with E-state index >= 15 is 0 Å². The van der Waals surface area contributed by atoms with Gasteiger partial charge in [-0.3, -0.25) is 4.79 Å². The molecule has 2 atom stereocenters. The van der Waals surface area contributed by atoms with Crippen LogP contribution in [0.2, 0.25) is 0 Å². The molecule has 0 spiro atoms. The summed E-state index contributed by atoms with van der Waals surface area (Å²) in [6.45, 7) is 2.60. The van der Waals surface area contributed by atoms with Crippen molar-refractivity contribution in [2.75, 3.05) is 6.61 Å². The molecular weight excluding hydrogens is 301 g/mol. The van der Waals surface area contributed by atoms with Crippen LogP contribution in [0, 0.1) is 11.7 Å². The van der Waals surface area contributed by atoms with Crippen LogP contribution in [0.4, 0.5) is 4.39 Å². The number of hydrogen-bond donors (Lipinski definition) is 1. The zero-order chi connectivity index (χ0) is 13.1. The summed E-state index contributed by atoms with van der Waals surface area (Å²) in [6, 6.07) is 4.68. The predicted octanol–water partition coefficient (Wildman–Crippen LogP) is 2.63. The van der Waals surface area contributed by atoms with Gasteiger partial charge in [0.15, 0.2) is 0 Å². The number of halogens is 2. The third kappa shape index (κ3) is 3.29. The van der Waals surface area contributed by atoms with Crippen molar-refractivity contribution in [3.63, 3.8) is 0 Å². The van der Waals surface area contributed by atoms with Gasteiger partial charge in [-0.25, -0.2) is 4.39 Å². The number of rotatable bonds is 3. The first-order valence-electron chi connectivity index (χ1n) is 5.89. The number of nitrogens with one attached hydrogen (secondary N) is 1. The van der Waals surface area contributed by atoms with Crippen LogP contribution < -0.4 is 5.32 Å². The third-order valence-electron chi connectivity index (χ3n) is 3.03. The Morgan fingerprint density at radius 3 is 3.06 bits per heavy atom. The average molecular weight is 316 g/mol. The van der Waals surface area contributed by atoms with Crippen molar-refractivity contribution in [3.05, 3.63) is 34.1 Å². The molecule has 1 aliphatic heterocycles. The molecule has 1 heterocycles. The Morgan fingerprint density at radius 1 is 1.61 bits per heavy atom. The SMILES string of the molecule is CC1CC(C(=O)NCc2cc(Br)ccc2F)CO1. The number of benzene rings is 1.